The van der Waals surface area contributed by atoms with Crippen LogP contribution in [0.2, 0.25) is 0 Å². The zero-order valence-electron chi connectivity index (χ0n) is 13.6. The third kappa shape index (κ3) is 2.71. The number of benzene rings is 2. The molecule has 2 heterocycles. The molecule has 2 aromatic rings. The van der Waals surface area contributed by atoms with Gasteiger partial charge in [0.25, 0.3) is 17.7 Å². The van der Waals surface area contributed by atoms with Crippen molar-refractivity contribution in [3.8, 4) is 0 Å². The monoisotopic (exact) mass is 365 g/mol. The number of hydrogen-bond acceptors (Lipinski definition) is 6. The van der Waals surface area contributed by atoms with Crippen LogP contribution in [0.25, 0.3) is 0 Å². The van der Waals surface area contributed by atoms with Crippen molar-refractivity contribution in [3.05, 3.63) is 64.7 Å². The molecule has 4 amide bonds. The van der Waals surface area contributed by atoms with Gasteiger partial charge in [-0.2, -0.15) is 0 Å². The predicted molar refractivity (Wildman–Crippen MR) is 89.8 cm³/mol. The Kier molecular flexibility index (Phi) is 3.69. The minimum atomic E-state index is -0.980. The predicted octanol–water partition coefficient (Wildman–Crippen LogP) is 0.736. The molecule has 2 aromatic carbocycles. The molecule has 0 radical (unpaired) electrons. The van der Waals surface area contributed by atoms with Crippen LogP contribution in [0.5, 0.6) is 0 Å². The lowest BCUT2D eigenvalue weighted by Crippen LogP contribution is -2.32. The fraction of sp³-hybridized carbons (Fsp3) is 0.0556. The van der Waals surface area contributed by atoms with Gasteiger partial charge in [0.05, 0.1) is 34.5 Å². The van der Waals surface area contributed by atoms with Crippen molar-refractivity contribution in [2.24, 2.45) is 0 Å². The van der Waals surface area contributed by atoms with Gasteiger partial charge in [0.2, 0.25) is 5.91 Å². The van der Waals surface area contributed by atoms with E-state index in [9.17, 15) is 24.0 Å². The first kappa shape index (κ1) is 16.5. The van der Waals surface area contributed by atoms with Gasteiger partial charge < -0.3 is 15.5 Å². The molecule has 2 N–H and O–H groups in total. The summed E-state index contributed by atoms with van der Waals surface area (Å²) in [7, 11) is 0. The summed E-state index contributed by atoms with van der Waals surface area (Å²) >= 11 is 0. The number of amides is 4. The number of carbonyl (C=O) groups is 5. The molecule has 0 saturated carbocycles. The molecule has 9 nitrogen and oxygen atoms in total. The van der Waals surface area contributed by atoms with Crippen molar-refractivity contribution in [1.82, 2.24) is 10.4 Å². The molecule has 27 heavy (non-hydrogen) atoms. The summed E-state index contributed by atoms with van der Waals surface area (Å²) in [6.07, 6.45) is 0. The Morgan fingerprint density at radius 1 is 0.926 bits per heavy atom. The molecule has 0 aliphatic carbocycles. The Hall–Kier alpha value is -4.01. The van der Waals surface area contributed by atoms with Crippen molar-refractivity contribution in [2.45, 2.75) is 0 Å². The number of anilines is 1. The van der Waals surface area contributed by atoms with Crippen LogP contribution in [-0.4, -0.2) is 41.2 Å². The highest BCUT2D eigenvalue weighted by molar-refractivity contribution is 6.21. The van der Waals surface area contributed by atoms with Crippen LogP contribution in [0.4, 0.5) is 5.69 Å². The summed E-state index contributed by atoms with van der Waals surface area (Å²) in [5, 5.41) is 5.30. The Balaban J connectivity index is 1.60. The summed E-state index contributed by atoms with van der Waals surface area (Å²) < 4.78 is 0. The summed E-state index contributed by atoms with van der Waals surface area (Å²) in [4.78, 5) is 65.4. The van der Waals surface area contributed by atoms with Crippen molar-refractivity contribution in [3.63, 3.8) is 0 Å². The highest BCUT2D eigenvalue weighted by atomic mass is 16.7. The van der Waals surface area contributed by atoms with Crippen LogP contribution in [0.15, 0.2) is 42.5 Å². The molecule has 2 aliphatic rings. The lowest BCUT2D eigenvalue weighted by Gasteiger charge is -2.13. The SMILES string of the molecule is O=C1CNC(=O)c2ccc(C(=O)ON3C(=O)c4ccccc4C3=O)cc2N1. The van der Waals surface area contributed by atoms with Crippen LogP contribution in [0.1, 0.15) is 41.4 Å². The molecule has 9 heteroatoms. The van der Waals surface area contributed by atoms with Gasteiger partial charge in [-0.05, 0) is 30.3 Å². The summed E-state index contributed by atoms with van der Waals surface area (Å²) in [6, 6.07) is 10.00. The lowest BCUT2D eigenvalue weighted by atomic mass is 10.1. The molecule has 0 aromatic heterocycles. The average molecular weight is 365 g/mol. The molecule has 134 valence electrons. The Bertz CT molecular complexity index is 1010. The smallest absolute Gasteiger partial charge is 0.343 e. The summed E-state index contributed by atoms with van der Waals surface area (Å²) in [5.74, 6) is -3.39. The van der Waals surface area contributed by atoms with Gasteiger partial charge in [0.1, 0.15) is 0 Å². The second kappa shape index (κ2) is 6.06. The van der Waals surface area contributed by atoms with Crippen LogP contribution in [0.3, 0.4) is 0 Å². The van der Waals surface area contributed by atoms with Gasteiger partial charge in [0, 0.05) is 0 Å². The van der Waals surface area contributed by atoms with E-state index in [1.54, 1.807) is 12.1 Å². The van der Waals surface area contributed by atoms with Gasteiger partial charge in [-0.3, -0.25) is 19.2 Å². The maximum absolute atomic E-state index is 12.4. The van der Waals surface area contributed by atoms with E-state index in [0.29, 0.717) is 5.06 Å². The largest absolute Gasteiger partial charge is 0.364 e. The highest BCUT2D eigenvalue weighted by Crippen LogP contribution is 2.25. The molecule has 0 saturated heterocycles. The first-order valence-corrected chi connectivity index (χ1v) is 7.88. The fourth-order valence-corrected chi connectivity index (χ4v) is 2.81. The molecule has 4 rings (SSSR count). The molecular weight excluding hydrogens is 354 g/mol. The van der Waals surface area contributed by atoms with Gasteiger partial charge in [-0.25, -0.2) is 4.79 Å². The highest BCUT2D eigenvalue weighted by Gasteiger charge is 2.38. The van der Waals surface area contributed by atoms with Crippen molar-refractivity contribution >= 4 is 35.3 Å². The van der Waals surface area contributed by atoms with E-state index >= 15 is 0 Å². The quantitative estimate of drug-likeness (QED) is 0.757. The minimum Gasteiger partial charge on any atom is -0.343 e. The maximum atomic E-state index is 12.4. The average Bonchev–Trinajstić information content (AvgIpc) is 2.81. The number of nitrogens with one attached hydrogen (secondary N) is 2. The Morgan fingerprint density at radius 3 is 2.26 bits per heavy atom. The molecule has 0 spiro atoms. The van der Waals surface area contributed by atoms with E-state index in [2.05, 4.69) is 10.6 Å². The van der Waals surface area contributed by atoms with E-state index in [1.807, 2.05) is 0 Å². The summed E-state index contributed by atoms with van der Waals surface area (Å²) in [5.41, 5.74) is 0.549. The number of imide groups is 1. The van der Waals surface area contributed by atoms with Crippen molar-refractivity contribution in [1.29, 1.82) is 0 Å². The Morgan fingerprint density at radius 2 is 1.59 bits per heavy atom. The lowest BCUT2D eigenvalue weighted by molar-refractivity contribution is -0.115. The van der Waals surface area contributed by atoms with Crippen LogP contribution in [-0.2, 0) is 9.63 Å². The molecular formula is C18H11N3O6. The standard InChI is InChI=1S/C18H11N3O6/c22-14-8-19-15(23)12-6-5-9(7-13(12)20-14)18(26)27-21-16(24)10-3-1-2-4-11(10)17(21)25/h1-7H,8H2,(H,19,23)(H,20,22). The topological polar surface area (TPSA) is 122 Å². The number of nitrogens with zero attached hydrogens (tertiary/aromatic N) is 1. The van der Waals surface area contributed by atoms with E-state index < -0.39 is 29.6 Å². The first-order chi connectivity index (χ1) is 13.0. The van der Waals surface area contributed by atoms with Crippen LogP contribution in [0, 0.1) is 0 Å². The van der Waals surface area contributed by atoms with Gasteiger partial charge in [0.15, 0.2) is 0 Å². The molecule has 2 aliphatic heterocycles. The number of hydroxylamine groups is 2. The van der Waals surface area contributed by atoms with Gasteiger partial charge in [-0.1, -0.05) is 17.2 Å². The number of hydrogen-bond donors (Lipinski definition) is 2. The molecule has 0 unspecified atom stereocenters. The maximum Gasteiger partial charge on any atom is 0.364 e. The zero-order chi connectivity index (χ0) is 19.1. The third-order valence-corrected chi connectivity index (χ3v) is 4.11. The third-order valence-electron chi connectivity index (χ3n) is 4.11. The summed E-state index contributed by atoms with van der Waals surface area (Å²) in [6.45, 7) is -0.192. The zero-order valence-corrected chi connectivity index (χ0v) is 13.6. The van der Waals surface area contributed by atoms with Gasteiger partial charge in [-0.15, -0.1) is 0 Å². The fourth-order valence-electron chi connectivity index (χ4n) is 2.81. The minimum absolute atomic E-state index is 0.0414. The van der Waals surface area contributed by atoms with E-state index in [-0.39, 0.29) is 34.5 Å². The Labute approximate surface area is 151 Å². The van der Waals surface area contributed by atoms with Crippen LogP contribution >= 0.6 is 0 Å². The van der Waals surface area contributed by atoms with Gasteiger partial charge >= 0.3 is 5.97 Å². The van der Waals surface area contributed by atoms with E-state index in [1.165, 1.54) is 30.3 Å². The molecule has 0 fully saturated rings. The number of rotatable bonds is 2. The molecule has 0 bridgehead atoms. The van der Waals surface area contributed by atoms with E-state index in [0.717, 1.165) is 0 Å². The van der Waals surface area contributed by atoms with Crippen molar-refractivity contribution in [2.75, 3.05) is 11.9 Å². The van der Waals surface area contributed by atoms with E-state index in [4.69, 9.17) is 4.84 Å². The first-order valence-electron chi connectivity index (χ1n) is 7.88. The number of fused-ring (bicyclic) bond motifs is 2. The second-order valence-corrected chi connectivity index (χ2v) is 5.82. The molecule has 0 atom stereocenters. The number of carbonyl (C=O) groups excluding carboxylic acids is 5. The van der Waals surface area contributed by atoms with Crippen LogP contribution < -0.4 is 10.6 Å². The normalized spacial score (nSPS) is 15.5. The van der Waals surface area contributed by atoms with Crippen molar-refractivity contribution < 1.29 is 28.8 Å². The second-order valence-electron chi connectivity index (χ2n) is 5.82.